The summed E-state index contributed by atoms with van der Waals surface area (Å²) in [5, 5.41) is -0.256. The van der Waals surface area contributed by atoms with Crippen LogP contribution in [-0.4, -0.2) is 16.0 Å². The number of hydrogen-bond donors (Lipinski definition) is 0. The van der Waals surface area contributed by atoms with Crippen LogP contribution in [0.1, 0.15) is 16.7 Å². The lowest BCUT2D eigenvalue weighted by molar-refractivity contribution is -0.123. The van der Waals surface area contributed by atoms with Crippen LogP contribution in [0.15, 0.2) is 86.6 Å². The highest BCUT2D eigenvalue weighted by Gasteiger charge is 2.34. The number of thioether (sulfide) groups is 1. The molecule has 0 aromatic heterocycles. The zero-order chi connectivity index (χ0) is 21.8. The maximum absolute atomic E-state index is 12.7. The summed E-state index contributed by atoms with van der Waals surface area (Å²) in [6.07, 6.45) is 1.74. The van der Waals surface area contributed by atoms with Crippen LogP contribution in [0.5, 0.6) is 5.75 Å². The van der Waals surface area contributed by atoms with Crippen LogP contribution in [0, 0.1) is 0 Å². The van der Waals surface area contributed by atoms with Crippen molar-refractivity contribution in [3.63, 3.8) is 0 Å². The van der Waals surface area contributed by atoms with Gasteiger partial charge < -0.3 is 4.74 Å². The fourth-order valence-electron chi connectivity index (χ4n) is 2.97. The van der Waals surface area contributed by atoms with Crippen LogP contribution in [0.25, 0.3) is 6.08 Å². The predicted octanol–water partition coefficient (Wildman–Crippen LogP) is 7.03. The Bertz CT molecular complexity index is 1130. The molecule has 2 amide bonds. The van der Waals surface area contributed by atoms with Crippen molar-refractivity contribution in [3.8, 4) is 5.75 Å². The first-order valence-electron chi connectivity index (χ1n) is 9.45. The molecule has 0 aliphatic carbocycles. The zero-order valence-electron chi connectivity index (χ0n) is 16.3. The normalized spacial score (nSPS) is 15.0. The summed E-state index contributed by atoms with van der Waals surface area (Å²) >= 11 is 7.77. The first kappa shape index (κ1) is 21.9. The number of hydrogen-bond acceptors (Lipinski definition) is 4. The SMILES string of the molecule is O=C1S/C(=C\c2ccc(OCc3ccc(Br)cc3)cc2)C(=O)N1Cc1ccc(Br)cc1. The van der Waals surface area contributed by atoms with Gasteiger partial charge in [0.15, 0.2) is 0 Å². The molecular weight excluding hydrogens is 542 g/mol. The van der Waals surface area contributed by atoms with Crippen molar-refractivity contribution in [2.45, 2.75) is 13.2 Å². The number of rotatable bonds is 6. The van der Waals surface area contributed by atoms with Gasteiger partial charge >= 0.3 is 0 Å². The van der Waals surface area contributed by atoms with Gasteiger partial charge in [0.05, 0.1) is 11.4 Å². The summed E-state index contributed by atoms with van der Waals surface area (Å²) in [6.45, 7) is 0.736. The van der Waals surface area contributed by atoms with Gasteiger partial charge in [-0.05, 0) is 70.9 Å². The van der Waals surface area contributed by atoms with Gasteiger partial charge in [-0.15, -0.1) is 0 Å². The maximum atomic E-state index is 12.7. The number of carbonyl (C=O) groups excluding carboxylic acids is 2. The average Bonchev–Trinajstić information content (AvgIpc) is 3.03. The van der Waals surface area contributed by atoms with Crippen molar-refractivity contribution in [2.24, 2.45) is 0 Å². The van der Waals surface area contributed by atoms with Gasteiger partial charge in [0.25, 0.3) is 11.1 Å². The van der Waals surface area contributed by atoms with Gasteiger partial charge in [-0.3, -0.25) is 14.5 Å². The Labute approximate surface area is 201 Å². The van der Waals surface area contributed by atoms with Crippen molar-refractivity contribution >= 4 is 60.8 Å². The largest absolute Gasteiger partial charge is 0.489 e. The lowest BCUT2D eigenvalue weighted by atomic mass is 10.2. The molecule has 3 aromatic rings. The molecule has 1 saturated heterocycles. The van der Waals surface area contributed by atoms with Crippen LogP contribution >= 0.6 is 43.6 Å². The third-order valence-corrected chi connectivity index (χ3v) is 6.59. The molecule has 1 fully saturated rings. The second-order valence-corrected chi connectivity index (χ2v) is 9.70. The zero-order valence-corrected chi connectivity index (χ0v) is 20.2. The molecule has 156 valence electrons. The first-order valence-corrected chi connectivity index (χ1v) is 11.9. The second-order valence-electron chi connectivity index (χ2n) is 6.88. The molecule has 0 N–H and O–H groups in total. The Morgan fingerprint density at radius 1 is 0.806 bits per heavy atom. The summed E-state index contributed by atoms with van der Waals surface area (Å²) in [7, 11) is 0. The lowest BCUT2D eigenvalue weighted by Gasteiger charge is -2.12. The van der Waals surface area contributed by atoms with E-state index in [2.05, 4.69) is 31.9 Å². The lowest BCUT2D eigenvalue weighted by Crippen LogP contribution is -2.27. The fourth-order valence-corrected chi connectivity index (χ4v) is 4.33. The van der Waals surface area contributed by atoms with Gasteiger partial charge in [0.2, 0.25) is 0 Å². The van der Waals surface area contributed by atoms with E-state index in [1.807, 2.05) is 72.8 Å². The highest BCUT2D eigenvalue weighted by Crippen LogP contribution is 2.33. The predicted molar refractivity (Wildman–Crippen MR) is 131 cm³/mol. The highest BCUT2D eigenvalue weighted by molar-refractivity contribution is 9.10. The molecule has 31 heavy (non-hydrogen) atoms. The van der Waals surface area contributed by atoms with Crippen molar-refractivity contribution < 1.29 is 14.3 Å². The molecule has 0 atom stereocenters. The summed E-state index contributed by atoms with van der Waals surface area (Å²) < 4.78 is 7.80. The smallest absolute Gasteiger partial charge is 0.293 e. The van der Waals surface area contributed by atoms with Crippen molar-refractivity contribution in [1.82, 2.24) is 4.90 Å². The third kappa shape index (κ3) is 5.67. The second kappa shape index (κ2) is 9.85. The van der Waals surface area contributed by atoms with Crippen LogP contribution < -0.4 is 4.74 Å². The van der Waals surface area contributed by atoms with Crippen LogP contribution in [0.2, 0.25) is 0 Å². The third-order valence-electron chi connectivity index (χ3n) is 4.62. The number of carbonyl (C=O) groups is 2. The minimum atomic E-state index is -0.270. The minimum Gasteiger partial charge on any atom is -0.489 e. The topological polar surface area (TPSA) is 46.6 Å². The number of halogens is 2. The van der Waals surface area contributed by atoms with E-state index in [1.165, 1.54) is 4.90 Å². The Kier molecular flexibility index (Phi) is 6.95. The first-order chi connectivity index (χ1) is 15.0. The van der Waals surface area contributed by atoms with Crippen LogP contribution in [0.3, 0.4) is 0 Å². The summed E-state index contributed by atoms with van der Waals surface area (Å²) in [5.74, 6) is 0.469. The van der Waals surface area contributed by atoms with Gasteiger partial charge in [-0.1, -0.05) is 68.3 Å². The minimum absolute atomic E-state index is 0.256. The molecule has 4 rings (SSSR count). The molecule has 1 aliphatic heterocycles. The quantitative estimate of drug-likeness (QED) is 0.305. The van der Waals surface area contributed by atoms with E-state index in [9.17, 15) is 9.59 Å². The number of nitrogens with zero attached hydrogens (tertiary/aromatic N) is 1. The van der Waals surface area contributed by atoms with Gasteiger partial charge in [-0.25, -0.2) is 0 Å². The van der Waals surface area contributed by atoms with E-state index in [-0.39, 0.29) is 17.7 Å². The van der Waals surface area contributed by atoms with Crippen LogP contribution in [0.4, 0.5) is 4.79 Å². The molecular formula is C24H17Br2NO3S. The van der Waals surface area contributed by atoms with Crippen molar-refractivity contribution in [1.29, 1.82) is 0 Å². The molecule has 7 heteroatoms. The van der Waals surface area contributed by atoms with E-state index in [4.69, 9.17) is 4.74 Å². The molecule has 0 radical (unpaired) electrons. The number of amides is 2. The Morgan fingerprint density at radius 3 is 2.00 bits per heavy atom. The Morgan fingerprint density at radius 2 is 1.39 bits per heavy atom. The average molecular weight is 559 g/mol. The number of benzene rings is 3. The van der Waals surface area contributed by atoms with Crippen molar-refractivity contribution in [2.75, 3.05) is 0 Å². The molecule has 3 aromatic carbocycles. The van der Waals surface area contributed by atoms with E-state index < -0.39 is 0 Å². The Balaban J connectivity index is 1.39. The van der Waals surface area contributed by atoms with Crippen LogP contribution in [-0.2, 0) is 17.9 Å². The summed E-state index contributed by atoms with van der Waals surface area (Å²) in [6, 6.07) is 23.0. The summed E-state index contributed by atoms with van der Waals surface area (Å²) in [4.78, 5) is 26.8. The van der Waals surface area contributed by atoms with Crippen molar-refractivity contribution in [3.05, 3.63) is 103 Å². The van der Waals surface area contributed by atoms with E-state index in [0.29, 0.717) is 11.5 Å². The molecule has 0 spiro atoms. The Hall–Kier alpha value is -2.35. The standard InChI is InChI=1S/C24H17Br2NO3S/c25-19-7-1-17(2-8-19)14-27-23(28)22(31-24(27)29)13-16-5-11-21(12-6-16)30-15-18-3-9-20(26)10-4-18/h1-13H,14-15H2/b22-13-. The fraction of sp³-hybridized carbons (Fsp3) is 0.0833. The molecule has 1 heterocycles. The monoisotopic (exact) mass is 557 g/mol. The molecule has 1 aliphatic rings. The summed E-state index contributed by atoms with van der Waals surface area (Å²) in [5.41, 5.74) is 2.82. The molecule has 0 unspecified atom stereocenters. The van der Waals surface area contributed by atoms with E-state index >= 15 is 0 Å². The van der Waals surface area contributed by atoms with E-state index in [1.54, 1.807) is 6.08 Å². The number of ether oxygens (including phenoxy) is 1. The maximum Gasteiger partial charge on any atom is 0.293 e. The van der Waals surface area contributed by atoms with Gasteiger partial charge in [0, 0.05) is 8.95 Å². The molecule has 0 bridgehead atoms. The van der Waals surface area contributed by atoms with E-state index in [0.717, 1.165) is 43.1 Å². The highest BCUT2D eigenvalue weighted by atomic mass is 79.9. The molecule has 4 nitrogen and oxygen atoms in total. The number of imide groups is 1. The molecule has 0 saturated carbocycles. The van der Waals surface area contributed by atoms with Gasteiger partial charge in [-0.2, -0.15) is 0 Å². The van der Waals surface area contributed by atoms with Gasteiger partial charge in [0.1, 0.15) is 12.4 Å².